The highest BCUT2D eigenvalue weighted by Gasteiger charge is 2.19. The Balaban J connectivity index is 1.12. The van der Waals surface area contributed by atoms with Crippen LogP contribution in [0.25, 0.3) is 101 Å². The van der Waals surface area contributed by atoms with Gasteiger partial charge in [0.2, 0.25) is 0 Å². The third-order valence-electron chi connectivity index (χ3n) is 9.61. The van der Waals surface area contributed by atoms with E-state index in [1.165, 1.54) is 67.8 Å². The molecule has 4 heterocycles. The van der Waals surface area contributed by atoms with Crippen molar-refractivity contribution in [2.75, 3.05) is 0 Å². The highest BCUT2D eigenvalue weighted by atomic mass is 32.1. The van der Waals surface area contributed by atoms with E-state index in [-0.39, 0.29) is 0 Å². The maximum atomic E-state index is 6.52. The number of hydrogen-bond donors (Lipinski definition) is 0. The molecule has 0 aliphatic carbocycles. The zero-order valence-corrected chi connectivity index (χ0v) is 26.1. The smallest absolute Gasteiger partial charge is 0.145 e. The van der Waals surface area contributed by atoms with Crippen LogP contribution in [0.3, 0.4) is 0 Å². The van der Waals surface area contributed by atoms with E-state index in [2.05, 4.69) is 138 Å². The van der Waals surface area contributed by atoms with Crippen LogP contribution in [0.5, 0.6) is 0 Å². The number of benzene rings is 7. The third kappa shape index (κ3) is 3.30. The summed E-state index contributed by atoms with van der Waals surface area (Å²) in [6.45, 7) is 0. The van der Waals surface area contributed by atoms with Crippen LogP contribution in [0.2, 0.25) is 0 Å². The van der Waals surface area contributed by atoms with Gasteiger partial charge in [-0.2, -0.15) is 0 Å². The molecule has 11 aromatic rings. The highest BCUT2D eigenvalue weighted by molar-refractivity contribution is 7.26. The predicted octanol–water partition coefficient (Wildman–Crippen LogP) is 13.1. The van der Waals surface area contributed by atoms with E-state index < -0.39 is 0 Å². The van der Waals surface area contributed by atoms with E-state index in [1.54, 1.807) is 0 Å². The summed E-state index contributed by atoms with van der Waals surface area (Å²) < 4.78 is 14.2. The molecular weight excluding hydrogens is 599 g/mol. The third-order valence-corrected chi connectivity index (χ3v) is 11.9. The van der Waals surface area contributed by atoms with Crippen LogP contribution in [-0.2, 0) is 0 Å². The van der Waals surface area contributed by atoms with E-state index in [0.29, 0.717) is 0 Å². The SMILES string of the molecule is c1ccc2c(c1)oc1c2ccc2c1c1ccccc1n2-c1ccc2c(c1)sc1cc(-c3cccc4sc5ccccc5c34)ccc12. The zero-order valence-electron chi connectivity index (χ0n) is 24.5. The van der Waals surface area contributed by atoms with Crippen LogP contribution >= 0.6 is 22.7 Å². The number of hydrogen-bond acceptors (Lipinski definition) is 3. The van der Waals surface area contributed by atoms with Crippen LogP contribution < -0.4 is 0 Å². The number of aromatic nitrogens is 1. The van der Waals surface area contributed by atoms with Gasteiger partial charge in [0.25, 0.3) is 0 Å². The summed E-state index contributed by atoms with van der Waals surface area (Å²) in [7, 11) is 0. The molecule has 0 saturated heterocycles. The van der Waals surface area contributed by atoms with Gasteiger partial charge in [-0.05, 0) is 65.7 Å². The van der Waals surface area contributed by atoms with Crippen molar-refractivity contribution < 1.29 is 4.42 Å². The largest absolute Gasteiger partial charge is 0.455 e. The number of nitrogens with zero attached hydrogens (tertiary/aromatic N) is 1. The van der Waals surface area contributed by atoms with Gasteiger partial charge in [-0.15, -0.1) is 22.7 Å². The molecule has 214 valence electrons. The maximum absolute atomic E-state index is 6.52. The van der Waals surface area contributed by atoms with Crippen molar-refractivity contribution in [1.82, 2.24) is 4.57 Å². The number of fused-ring (bicyclic) bond motifs is 13. The summed E-state index contributed by atoms with van der Waals surface area (Å²) in [5.74, 6) is 0. The van der Waals surface area contributed by atoms with E-state index in [0.717, 1.165) is 33.1 Å². The molecular formula is C42H23NOS2. The molecule has 7 aromatic carbocycles. The lowest BCUT2D eigenvalue weighted by atomic mass is 9.98. The van der Waals surface area contributed by atoms with Crippen molar-refractivity contribution in [3.8, 4) is 16.8 Å². The van der Waals surface area contributed by atoms with Crippen molar-refractivity contribution in [3.63, 3.8) is 0 Å². The summed E-state index contributed by atoms with van der Waals surface area (Å²) in [5.41, 5.74) is 7.96. The molecule has 0 amide bonds. The van der Waals surface area contributed by atoms with Crippen LogP contribution in [-0.4, -0.2) is 4.57 Å². The van der Waals surface area contributed by atoms with Gasteiger partial charge in [-0.1, -0.05) is 84.9 Å². The molecule has 0 aliphatic rings. The van der Waals surface area contributed by atoms with Gasteiger partial charge in [0.15, 0.2) is 0 Å². The first-order valence-electron chi connectivity index (χ1n) is 15.5. The fourth-order valence-electron chi connectivity index (χ4n) is 7.60. The summed E-state index contributed by atoms with van der Waals surface area (Å²) in [5, 5.41) is 10.00. The van der Waals surface area contributed by atoms with Gasteiger partial charge in [-0.25, -0.2) is 0 Å². The van der Waals surface area contributed by atoms with E-state index >= 15 is 0 Å². The van der Waals surface area contributed by atoms with Crippen LogP contribution in [0.15, 0.2) is 144 Å². The Morgan fingerprint density at radius 3 is 2.09 bits per heavy atom. The lowest BCUT2D eigenvalue weighted by Crippen LogP contribution is -1.93. The second-order valence-corrected chi connectivity index (χ2v) is 14.2. The molecule has 0 saturated carbocycles. The molecule has 46 heavy (non-hydrogen) atoms. The average molecular weight is 622 g/mol. The molecule has 4 heteroatoms. The maximum Gasteiger partial charge on any atom is 0.145 e. The lowest BCUT2D eigenvalue weighted by Gasteiger charge is -2.08. The molecule has 0 N–H and O–H groups in total. The van der Waals surface area contributed by atoms with Crippen molar-refractivity contribution in [1.29, 1.82) is 0 Å². The fraction of sp³-hybridized carbons (Fsp3) is 0. The standard InChI is InChI=1S/C42H23NOS2/c1-4-12-33-31(9-1)41-34(21-20-30-27-8-2-5-13-35(27)44-42(30)41)43(33)25-17-19-29-28-18-16-24(22-38(28)46-39(29)23-25)26-11-7-15-37-40(26)32-10-3-6-14-36(32)45-37/h1-23H. The van der Waals surface area contributed by atoms with Crippen molar-refractivity contribution in [3.05, 3.63) is 140 Å². The first kappa shape index (κ1) is 24.8. The second kappa shape index (κ2) is 9.07. The van der Waals surface area contributed by atoms with Gasteiger partial charge < -0.3 is 8.98 Å². The zero-order chi connectivity index (χ0) is 29.9. The fourth-order valence-corrected chi connectivity index (χ4v) is 9.91. The summed E-state index contributed by atoms with van der Waals surface area (Å²) in [6.07, 6.45) is 0. The number of furan rings is 1. The van der Waals surface area contributed by atoms with Crippen molar-refractivity contribution >= 4 is 107 Å². The molecule has 4 aromatic heterocycles. The van der Waals surface area contributed by atoms with Gasteiger partial charge in [0.1, 0.15) is 11.2 Å². The minimum atomic E-state index is 0.927. The van der Waals surface area contributed by atoms with E-state index in [4.69, 9.17) is 4.42 Å². The molecule has 0 aliphatic heterocycles. The van der Waals surface area contributed by atoms with Gasteiger partial charge in [0, 0.05) is 62.2 Å². The molecule has 0 radical (unpaired) electrons. The molecule has 0 atom stereocenters. The minimum Gasteiger partial charge on any atom is -0.455 e. The van der Waals surface area contributed by atoms with Crippen molar-refractivity contribution in [2.24, 2.45) is 0 Å². The highest BCUT2D eigenvalue weighted by Crippen LogP contribution is 2.44. The lowest BCUT2D eigenvalue weighted by molar-refractivity contribution is 0.673. The monoisotopic (exact) mass is 621 g/mol. The summed E-state index contributed by atoms with van der Waals surface area (Å²) in [4.78, 5) is 0. The summed E-state index contributed by atoms with van der Waals surface area (Å²) in [6, 6.07) is 50.9. The van der Waals surface area contributed by atoms with Crippen molar-refractivity contribution in [2.45, 2.75) is 0 Å². The minimum absolute atomic E-state index is 0.927. The summed E-state index contributed by atoms with van der Waals surface area (Å²) >= 11 is 3.76. The molecule has 0 fully saturated rings. The molecule has 0 bridgehead atoms. The first-order valence-corrected chi connectivity index (χ1v) is 17.1. The number of thiophene rings is 2. The Kier molecular flexibility index (Phi) is 4.90. The molecule has 11 rings (SSSR count). The van der Waals surface area contributed by atoms with Crippen LogP contribution in [0, 0.1) is 0 Å². The van der Waals surface area contributed by atoms with E-state index in [9.17, 15) is 0 Å². The Labute approximate surface area is 270 Å². The number of rotatable bonds is 2. The topological polar surface area (TPSA) is 18.1 Å². The van der Waals surface area contributed by atoms with Crippen LogP contribution in [0.1, 0.15) is 0 Å². The normalized spacial score (nSPS) is 12.3. The molecule has 2 nitrogen and oxygen atoms in total. The molecule has 0 spiro atoms. The Hall–Kier alpha value is -5.42. The van der Waals surface area contributed by atoms with Gasteiger partial charge in [0.05, 0.1) is 16.4 Å². The number of para-hydroxylation sites is 2. The van der Waals surface area contributed by atoms with E-state index in [1.807, 2.05) is 28.7 Å². The predicted molar refractivity (Wildman–Crippen MR) is 199 cm³/mol. The Bertz CT molecular complexity index is 3040. The Morgan fingerprint density at radius 1 is 0.435 bits per heavy atom. The van der Waals surface area contributed by atoms with Gasteiger partial charge in [-0.3, -0.25) is 0 Å². The Morgan fingerprint density at radius 2 is 1.15 bits per heavy atom. The first-order chi connectivity index (χ1) is 22.8. The molecule has 0 unspecified atom stereocenters. The second-order valence-electron chi connectivity index (χ2n) is 12.1. The quantitative estimate of drug-likeness (QED) is 0.188. The van der Waals surface area contributed by atoms with Gasteiger partial charge >= 0.3 is 0 Å². The average Bonchev–Trinajstić information content (AvgIpc) is 3.85. The van der Waals surface area contributed by atoms with Crippen LogP contribution in [0.4, 0.5) is 0 Å².